The summed E-state index contributed by atoms with van der Waals surface area (Å²) in [5.41, 5.74) is 4.05. The number of nitrogens with one attached hydrogen (secondary N) is 1. The summed E-state index contributed by atoms with van der Waals surface area (Å²) in [6.07, 6.45) is 5.02. The van der Waals surface area contributed by atoms with Crippen LogP contribution in [-0.2, 0) is 13.3 Å². The molecule has 0 radical (unpaired) electrons. The Hall–Kier alpha value is -3.29. The predicted octanol–water partition coefficient (Wildman–Crippen LogP) is 5.34. The monoisotopic (exact) mass is 469 g/mol. The molecule has 4 aromatic rings. The third kappa shape index (κ3) is 5.49. The molecule has 0 aliphatic heterocycles. The van der Waals surface area contributed by atoms with E-state index in [1.165, 1.54) is 0 Å². The van der Waals surface area contributed by atoms with E-state index < -0.39 is 0 Å². The number of aryl methyl sites for hydroxylation is 2. The zero-order valence-electron chi connectivity index (χ0n) is 17.5. The van der Waals surface area contributed by atoms with Crippen LogP contribution in [0, 0.1) is 13.8 Å². The Morgan fingerprint density at radius 2 is 1.81 bits per heavy atom. The van der Waals surface area contributed by atoms with Crippen LogP contribution in [0.2, 0.25) is 10.0 Å². The van der Waals surface area contributed by atoms with Gasteiger partial charge in [0.05, 0.1) is 28.5 Å². The van der Waals surface area contributed by atoms with Gasteiger partial charge in [-0.1, -0.05) is 35.3 Å². The molecule has 0 spiro atoms. The molecule has 9 heteroatoms. The van der Waals surface area contributed by atoms with E-state index in [0.29, 0.717) is 22.3 Å². The Morgan fingerprint density at radius 1 is 1.03 bits per heavy atom. The van der Waals surface area contributed by atoms with E-state index in [-0.39, 0.29) is 18.3 Å². The lowest BCUT2D eigenvalue weighted by atomic mass is 10.1. The van der Waals surface area contributed by atoms with Gasteiger partial charge in [0, 0.05) is 12.4 Å². The van der Waals surface area contributed by atoms with E-state index in [9.17, 15) is 4.79 Å². The summed E-state index contributed by atoms with van der Waals surface area (Å²) in [5, 5.41) is 12.3. The first-order chi connectivity index (χ1) is 15.4. The molecule has 0 saturated carbocycles. The van der Waals surface area contributed by atoms with Crippen LogP contribution in [0.4, 0.5) is 5.69 Å². The zero-order chi connectivity index (χ0) is 22.7. The van der Waals surface area contributed by atoms with Crippen molar-refractivity contribution in [2.75, 3.05) is 5.32 Å². The number of halogens is 2. The van der Waals surface area contributed by atoms with Gasteiger partial charge in [0.25, 0.3) is 5.91 Å². The maximum absolute atomic E-state index is 12.5. The molecule has 4 rings (SSSR count). The van der Waals surface area contributed by atoms with Crippen LogP contribution < -0.4 is 10.1 Å². The molecule has 2 aromatic heterocycles. The van der Waals surface area contributed by atoms with Crippen molar-refractivity contribution in [1.82, 2.24) is 19.6 Å². The van der Waals surface area contributed by atoms with Crippen molar-refractivity contribution < 1.29 is 9.53 Å². The van der Waals surface area contributed by atoms with Gasteiger partial charge in [0.2, 0.25) is 0 Å². The highest BCUT2D eigenvalue weighted by atomic mass is 35.5. The second-order valence-electron chi connectivity index (χ2n) is 7.47. The molecule has 2 heterocycles. The fraction of sp³-hybridized carbons (Fsp3) is 0.174. The zero-order valence-corrected chi connectivity index (χ0v) is 19.1. The average molecular weight is 470 g/mol. The Balaban J connectivity index is 1.34. The molecule has 0 unspecified atom stereocenters. The first kappa shape index (κ1) is 21.9. The van der Waals surface area contributed by atoms with Crippen LogP contribution in [0.5, 0.6) is 5.75 Å². The molecule has 0 atom stereocenters. The number of benzene rings is 2. The van der Waals surface area contributed by atoms with E-state index in [2.05, 4.69) is 21.6 Å². The van der Waals surface area contributed by atoms with Crippen molar-refractivity contribution in [2.24, 2.45) is 0 Å². The van der Waals surface area contributed by atoms with Gasteiger partial charge in [-0.05, 0) is 60.9 Å². The minimum Gasteiger partial charge on any atom is -0.471 e. The van der Waals surface area contributed by atoms with Crippen molar-refractivity contribution in [3.05, 3.63) is 93.5 Å². The Morgan fingerprint density at radius 3 is 2.56 bits per heavy atom. The molecule has 0 aliphatic carbocycles. The van der Waals surface area contributed by atoms with Gasteiger partial charge in [-0.2, -0.15) is 10.2 Å². The summed E-state index contributed by atoms with van der Waals surface area (Å²) < 4.78 is 9.05. The molecule has 32 heavy (non-hydrogen) atoms. The number of nitrogens with zero attached hydrogens (tertiary/aromatic N) is 4. The van der Waals surface area contributed by atoms with Crippen molar-refractivity contribution in [3.63, 3.8) is 0 Å². The summed E-state index contributed by atoms with van der Waals surface area (Å²) in [7, 11) is 0. The maximum atomic E-state index is 12.5. The summed E-state index contributed by atoms with van der Waals surface area (Å²) in [4.78, 5) is 12.5. The summed E-state index contributed by atoms with van der Waals surface area (Å²) in [6, 6.07) is 13.0. The van der Waals surface area contributed by atoms with Gasteiger partial charge in [-0.15, -0.1) is 0 Å². The van der Waals surface area contributed by atoms with E-state index >= 15 is 0 Å². The highest BCUT2D eigenvalue weighted by molar-refractivity contribution is 6.42. The van der Waals surface area contributed by atoms with Gasteiger partial charge in [0.1, 0.15) is 5.75 Å². The number of carbonyl (C=O) groups is 1. The fourth-order valence-corrected chi connectivity index (χ4v) is 3.57. The summed E-state index contributed by atoms with van der Waals surface area (Å²) in [5.74, 6) is 0.433. The number of hydrogen-bond donors (Lipinski definition) is 1. The number of anilines is 1. The second-order valence-corrected chi connectivity index (χ2v) is 8.28. The van der Waals surface area contributed by atoms with Crippen LogP contribution in [0.1, 0.15) is 27.2 Å². The highest BCUT2D eigenvalue weighted by Gasteiger charge is 2.12. The van der Waals surface area contributed by atoms with Crippen LogP contribution in [-0.4, -0.2) is 25.5 Å². The second kappa shape index (κ2) is 9.46. The molecule has 0 fully saturated rings. The minimum absolute atomic E-state index is 0.206. The Kier molecular flexibility index (Phi) is 6.48. The largest absolute Gasteiger partial charge is 0.471 e. The average Bonchev–Trinajstić information content (AvgIpc) is 3.38. The maximum Gasteiger partial charge on any atom is 0.276 e. The molecule has 0 bridgehead atoms. The van der Waals surface area contributed by atoms with Crippen molar-refractivity contribution in [1.29, 1.82) is 0 Å². The van der Waals surface area contributed by atoms with Crippen LogP contribution in [0.3, 0.4) is 0 Å². The van der Waals surface area contributed by atoms with Gasteiger partial charge in [-0.3, -0.25) is 9.48 Å². The van der Waals surface area contributed by atoms with Crippen molar-refractivity contribution in [2.45, 2.75) is 27.1 Å². The first-order valence-electron chi connectivity index (χ1n) is 9.88. The van der Waals surface area contributed by atoms with E-state index in [1.807, 2.05) is 32.0 Å². The lowest BCUT2D eigenvalue weighted by molar-refractivity contribution is 0.102. The molecule has 1 N–H and O–H groups in total. The summed E-state index contributed by atoms with van der Waals surface area (Å²) >= 11 is 12.0. The number of aromatic nitrogens is 4. The Bertz CT molecular complexity index is 1240. The Labute approximate surface area is 195 Å². The number of hydrogen-bond acceptors (Lipinski definition) is 4. The number of ether oxygens (including phenoxy) is 1. The lowest BCUT2D eigenvalue weighted by Gasteiger charge is -2.08. The van der Waals surface area contributed by atoms with Gasteiger partial charge in [0.15, 0.2) is 12.4 Å². The topological polar surface area (TPSA) is 74.0 Å². The normalized spacial score (nSPS) is 10.9. The molecule has 0 aliphatic rings. The highest BCUT2D eigenvalue weighted by Crippen LogP contribution is 2.23. The van der Waals surface area contributed by atoms with Crippen LogP contribution in [0.15, 0.2) is 61.1 Å². The molecular formula is C23H21Cl2N5O2. The molecule has 164 valence electrons. The predicted molar refractivity (Wildman–Crippen MR) is 125 cm³/mol. The number of rotatable bonds is 7. The van der Waals surface area contributed by atoms with Crippen molar-refractivity contribution >= 4 is 34.8 Å². The smallest absolute Gasteiger partial charge is 0.276 e. The molecule has 7 nitrogen and oxygen atoms in total. The van der Waals surface area contributed by atoms with Crippen LogP contribution in [0.25, 0.3) is 0 Å². The standard InChI is InChI=1S/C23H21Cl2N5O2/c1-15-7-16(2)9-19(8-15)32-14-29-6-5-22(28-29)23(31)27-18-11-26-30(13-18)12-17-3-4-20(24)21(25)10-17/h3-11,13H,12,14H2,1-2H3,(H,27,31). The number of carbonyl (C=O) groups excluding carboxylic acids is 1. The molecular weight excluding hydrogens is 449 g/mol. The van der Waals surface area contributed by atoms with E-state index in [0.717, 1.165) is 22.4 Å². The minimum atomic E-state index is -0.329. The van der Waals surface area contributed by atoms with Crippen LogP contribution >= 0.6 is 23.2 Å². The summed E-state index contributed by atoms with van der Waals surface area (Å²) in [6.45, 7) is 4.74. The lowest BCUT2D eigenvalue weighted by Crippen LogP contribution is -2.14. The molecule has 0 saturated heterocycles. The van der Waals surface area contributed by atoms with E-state index in [4.69, 9.17) is 27.9 Å². The number of amides is 1. The fourth-order valence-electron chi connectivity index (χ4n) is 3.25. The molecule has 2 aromatic carbocycles. The van der Waals surface area contributed by atoms with Crippen molar-refractivity contribution in [3.8, 4) is 5.75 Å². The molecule has 1 amide bonds. The first-order valence-corrected chi connectivity index (χ1v) is 10.6. The van der Waals surface area contributed by atoms with E-state index in [1.54, 1.807) is 46.2 Å². The van der Waals surface area contributed by atoms with Gasteiger partial charge < -0.3 is 10.1 Å². The SMILES string of the molecule is Cc1cc(C)cc(OCn2ccc(C(=O)Nc3cnn(Cc4ccc(Cl)c(Cl)c4)c3)n2)c1. The van der Waals surface area contributed by atoms with Gasteiger partial charge in [-0.25, -0.2) is 4.68 Å². The quantitative estimate of drug-likeness (QED) is 0.396. The third-order valence-electron chi connectivity index (χ3n) is 4.65. The van der Waals surface area contributed by atoms with Gasteiger partial charge >= 0.3 is 0 Å². The third-order valence-corrected chi connectivity index (χ3v) is 5.39.